The van der Waals surface area contributed by atoms with Crippen LogP contribution in [0, 0.1) is 0 Å². The van der Waals surface area contributed by atoms with E-state index in [-0.39, 0.29) is 5.56 Å². The van der Waals surface area contributed by atoms with Crippen molar-refractivity contribution in [2.75, 3.05) is 0 Å². The van der Waals surface area contributed by atoms with Crippen molar-refractivity contribution in [1.82, 2.24) is 14.6 Å². The molecule has 0 aliphatic carbocycles. The molecule has 0 radical (unpaired) electrons. The summed E-state index contributed by atoms with van der Waals surface area (Å²) in [6, 6.07) is 5.08. The van der Waals surface area contributed by atoms with Gasteiger partial charge >= 0.3 is 5.97 Å². The van der Waals surface area contributed by atoms with Gasteiger partial charge < -0.3 is 5.11 Å². The second-order valence-electron chi connectivity index (χ2n) is 3.61. The minimum absolute atomic E-state index is 0.206. The van der Waals surface area contributed by atoms with Crippen molar-refractivity contribution < 1.29 is 9.90 Å². The van der Waals surface area contributed by atoms with E-state index in [0.29, 0.717) is 11.5 Å². The Morgan fingerprint density at radius 1 is 1.39 bits per heavy atom. The lowest BCUT2D eigenvalue weighted by molar-refractivity contribution is 0.0696. The van der Waals surface area contributed by atoms with Crippen molar-refractivity contribution in [1.29, 1.82) is 0 Å². The van der Waals surface area contributed by atoms with Crippen molar-refractivity contribution in [3.63, 3.8) is 0 Å². The largest absolute Gasteiger partial charge is 0.478 e. The number of halogens is 1. The van der Waals surface area contributed by atoms with Crippen LogP contribution < -0.4 is 0 Å². The molecular formula is C11H6BrN3O2S. The Hall–Kier alpha value is -1.73. The van der Waals surface area contributed by atoms with Gasteiger partial charge in [0.15, 0.2) is 11.5 Å². The topological polar surface area (TPSA) is 67.5 Å². The molecule has 1 N–H and O–H groups in total. The third-order valence-electron chi connectivity index (χ3n) is 2.47. The fraction of sp³-hybridized carbons (Fsp3) is 0. The van der Waals surface area contributed by atoms with Crippen molar-refractivity contribution in [2.45, 2.75) is 0 Å². The minimum Gasteiger partial charge on any atom is -0.478 e. The zero-order valence-corrected chi connectivity index (χ0v) is 11.3. The van der Waals surface area contributed by atoms with Gasteiger partial charge in [-0.05, 0) is 34.1 Å². The summed E-state index contributed by atoms with van der Waals surface area (Å²) in [5, 5.41) is 19.0. The Bertz CT molecular complexity index is 750. The number of thiophene rings is 1. The van der Waals surface area contributed by atoms with E-state index in [1.165, 1.54) is 12.3 Å². The number of carboxylic acids is 1. The molecule has 0 saturated heterocycles. The second kappa shape index (κ2) is 4.18. The normalized spacial score (nSPS) is 10.9. The lowest BCUT2D eigenvalue weighted by Crippen LogP contribution is -1.99. The van der Waals surface area contributed by atoms with Crippen molar-refractivity contribution in [3.8, 4) is 11.4 Å². The number of nitrogens with zero attached hydrogens (tertiary/aromatic N) is 3. The van der Waals surface area contributed by atoms with Gasteiger partial charge in [0.1, 0.15) is 0 Å². The fourth-order valence-corrected chi connectivity index (χ4v) is 2.78. The van der Waals surface area contributed by atoms with Gasteiger partial charge in [0, 0.05) is 17.1 Å². The summed E-state index contributed by atoms with van der Waals surface area (Å²) in [6.45, 7) is 0. The highest BCUT2D eigenvalue weighted by atomic mass is 79.9. The van der Waals surface area contributed by atoms with E-state index in [2.05, 4.69) is 26.1 Å². The first-order valence-electron chi connectivity index (χ1n) is 4.97. The quantitative estimate of drug-likeness (QED) is 0.787. The van der Waals surface area contributed by atoms with Crippen LogP contribution in [0.2, 0.25) is 0 Å². The lowest BCUT2D eigenvalue weighted by atomic mass is 10.2. The smallest absolute Gasteiger partial charge is 0.337 e. The maximum Gasteiger partial charge on any atom is 0.337 e. The van der Waals surface area contributed by atoms with Crippen LogP contribution in [0.25, 0.3) is 17.0 Å². The Labute approximate surface area is 114 Å². The summed E-state index contributed by atoms with van der Waals surface area (Å²) < 4.78 is 2.67. The van der Waals surface area contributed by atoms with Gasteiger partial charge in [0.25, 0.3) is 0 Å². The highest BCUT2D eigenvalue weighted by Gasteiger charge is 2.12. The summed E-state index contributed by atoms with van der Waals surface area (Å²) >= 11 is 4.93. The van der Waals surface area contributed by atoms with Gasteiger partial charge in [-0.2, -0.15) is 0 Å². The van der Waals surface area contributed by atoms with E-state index in [1.807, 2.05) is 11.4 Å². The third-order valence-corrected chi connectivity index (χ3v) is 3.98. The molecule has 0 saturated carbocycles. The van der Waals surface area contributed by atoms with Gasteiger partial charge in [-0.1, -0.05) is 0 Å². The molecule has 3 aromatic heterocycles. The fourth-order valence-electron chi connectivity index (χ4n) is 1.64. The molecular weight excluding hydrogens is 318 g/mol. The first-order chi connectivity index (χ1) is 8.65. The van der Waals surface area contributed by atoms with Crippen LogP contribution >= 0.6 is 27.3 Å². The Balaban J connectivity index is 2.23. The molecule has 0 unspecified atom stereocenters. The number of aromatic carboxylic acids is 1. The number of carboxylic acid groups (broad SMARTS) is 1. The third kappa shape index (κ3) is 1.81. The standard InChI is InChI=1S/C11H6BrN3O2S/c12-8-3-7(5-18-8)10-14-13-9-2-1-6(11(16)17)4-15(9)10/h1-5H,(H,16,17). The number of carbonyl (C=O) groups is 1. The summed E-state index contributed by atoms with van der Waals surface area (Å²) in [4.78, 5) is 11.0. The molecule has 3 aromatic rings. The number of hydrogen-bond acceptors (Lipinski definition) is 4. The maximum absolute atomic E-state index is 11.0. The van der Waals surface area contributed by atoms with E-state index in [4.69, 9.17) is 5.11 Å². The van der Waals surface area contributed by atoms with Gasteiger partial charge in [0.2, 0.25) is 0 Å². The zero-order chi connectivity index (χ0) is 12.7. The summed E-state index contributed by atoms with van der Waals surface area (Å²) in [6.07, 6.45) is 1.53. The molecule has 0 aromatic carbocycles. The van der Waals surface area contributed by atoms with Gasteiger partial charge in [-0.15, -0.1) is 21.5 Å². The SMILES string of the molecule is O=C(O)c1ccc2nnc(-c3csc(Br)c3)n2c1. The molecule has 18 heavy (non-hydrogen) atoms. The molecule has 0 bridgehead atoms. The van der Waals surface area contributed by atoms with Crippen molar-refractivity contribution >= 4 is 38.9 Å². The van der Waals surface area contributed by atoms with Crippen LogP contribution in [0.1, 0.15) is 10.4 Å². The molecule has 0 fully saturated rings. The summed E-state index contributed by atoms with van der Waals surface area (Å²) in [7, 11) is 0. The van der Waals surface area contributed by atoms with Crippen LogP contribution in [-0.2, 0) is 0 Å². The van der Waals surface area contributed by atoms with Crippen LogP contribution in [0.4, 0.5) is 0 Å². The van der Waals surface area contributed by atoms with Gasteiger partial charge in [0.05, 0.1) is 9.35 Å². The van der Waals surface area contributed by atoms with Crippen molar-refractivity contribution in [2.24, 2.45) is 0 Å². The average molecular weight is 324 g/mol. The van der Waals surface area contributed by atoms with E-state index in [1.54, 1.807) is 21.8 Å². The number of pyridine rings is 1. The van der Waals surface area contributed by atoms with E-state index in [0.717, 1.165) is 9.35 Å². The first-order valence-corrected chi connectivity index (χ1v) is 6.65. The molecule has 0 aliphatic rings. The van der Waals surface area contributed by atoms with Crippen molar-refractivity contribution in [3.05, 3.63) is 39.1 Å². The Morgan fingerprint density at radius 3 is 2.89 bits per heavy atom. The molecule has 7 heteroatoms. The van der Waals surface area contributed by atoms with Gasteiger partial charge in [-0.25, -0.2) is 4.79 Å². The Morgan fingerprint density at radius 2 is 2.22 bits per heavy atom. The molecule has 0 amide bonds. The molecule has 5 nitrogen and oxygen atoms in total. The van der Waals surface area contributed by atoms with E-state index in [9.17, 15) is 4.79 Å². The van der Waals surface area contributed by atoms with Crippen LogP contribution in [0.5, 0.6) is 0 Å². The average Bonchev–Trinajstić information content (AvgIpc) is 2.93. The summed E-state index contributed by atoms with van der Waals surface area (Å²) in [5.41, 5.74) is 1.73. The highest BCUT2D eigenvalue weighted by molar-refractivity contribution is 9.11. The highest BCUT2D eigenvalue weighted by Crippen LogP contribution is 2.28. The van der Waals surface area contributed by atoms with Gasteiger partial charge in [-0.3, -0.25) is 4.40 Å². The van der Waals surface area contributed by atoms with Crippen LogP contribution in [0.15, 0.2) is 33.6 Å². The molecule has 0 spiro atoms. The predicted octanol–water partition coefficient (Wildman–Crippen LogP) is 2.92. The maximum atomic E-state index is 11.0. The molecule has 0 atom stereocenters. The molecule has 0 aliphatic heterocycles. The number of hydrogen-bond donors (Lipinski definition) is 1. The minimum atomic E-state index is -0.969. The number of fused-ring (bicyclic) bond motifs is 1. The zero-order valence-electron chi connectivity index (χ0n) is 8.87. The van der Waals surface area contributed by atoms with Crippen LogP contribution in [-0.4, -0.2) is 25.7 Å². The molecule has 3 heterocycles. The number of rotatable bonds is 2. The molecule has 3 rings (SSSR count). The molecule has 90 valence electrons. The second-order valence-corrected chi connectivity index (χ2v) is 5.90. The van der Waals surface area contributed by atoms with E-state index < -0.39 is 5.97 Å². The Kier molecular flexibility index (Phi) is 2.64. The number of aromatic nitrogens is 3. The summed E-state index contributed by atoms with van der Waals surface area (Å²) in [5.74, 6) is -0.335. The predicted molar refractivity (Wildman–Crippen MR) is 71.0 cm³/mol. The van der Waals surface area contributed by atoms with Crippen LogP contribution in [0.3, 0.4) is 0 Å². The van der Waals surface area contributed by atoms with E-state index >= 15 is 0 Å². The monoisotopic (exact) mass is 323 g/mol. The first kappa shape index (κ1) is 11.4. The lowest BCUT2D eigenvalue weighted by Gasteiger charge is -1.99.